The Morgan fingerprint density at radius 1 is 1.02 bits per heavy atom. The van der Waals surface area contributed by atoms with Crippen LogP contribution < -0.4 is 10.6 Å². The molecule has 0 spiro atoms. The van der Waals surface area contributed by atoms with Crippen LogP contribution in [0.25, 0.3) is 5.32 Å². The SMILES string of the molecule is CC1(C)CCN(C(=O)[C@H]2[N-]C2(C)C)[C@@H]1C(=O)NCC(=O)C(=O)NC1CC1.CCC(C)(F)F.CO.OC(F)(F)F.[Y]. The Balaban J connectivity index is 0. The van der Waals surface area contributed by atoms with E-state index in [1.165, 1.54) is 6.92 Å². The number of amides is 3. The molecule has 1 radical (unpaired) electrons. The van der Waals surface area contributed by atoms with Gasteiger partial charge in [-0.25, -0.2) is 8.78 Å². The third-order valence-electron chi connectivity index (χ3n) is 6.09. The van der Waals surface area contributed by atoms with E-state index < -0.39 is 47.4 Å². The number of hydrogen-bond acceptors (Lipinski definition) is 6. The molecule has 3 rings (SSSR count). The first-order valence-electron chi connectivity index (χ1n) is 12.3. The van der Waals surface area contributed by atoms with Gasteiger partial charge >= 0.3 is 6.36 Å². The van der Waals surface area contributed by atoms with E-state index in [-0.39, 0.29) is 63.2 Å². The monoisotopic (exact) mass is 664 g/mol. The largest absolute Gasteiger partial charge is 0.648 e. The molecule has 3 fully saturated rings. The first kappa shape index (κ1) is 40.9. The number of nitrogens with zero attached hydrogens (tertiary/aromatic N) is 2. The maximum absolute atomic E-state index is 12.7. The predicted molar refractivity (Wildman–Crippen MR) is 132 cm³/mol. The summed E-state index contributed by atoms with van der Waals surface area (Å²) in [4.78, 5) is 50.6. The standard InChI is InChI=1S/C18H27N4O4.C4H8F2.CHF3O.CH4O.Y/c1-17(2)7-8-22(16(26)12-18(3,4)21-12)13(17)15(25)19-9-11(23)14(24)20-10-5-6-10;1-3-4(2,5)6;2-1(3,4)5;1-2;/h10,12-13H,5-9H2,1-4H3,(H,19,25)(H,20,24);3H2,1-2H3;5H;2H,1H3;/q-1;;;;/t12-,13-;;;;/m1..../s1. The van der Waals surface area contributed by atoms with Crippen molar-refractivity contribution in [2.75, 3.05) is 20.2 Å². The van der Waals surface area contributed by atoms with E-state index in [9.17, 15) is 41.1 Å². The summed E-state index contributed by atoms with van der Waals surface area (Å²) in [5.41, 5.74) is -0.778. The van der Waals surface area contributed by atoms with Crippen LogP contribution >= 0.6 is 0 Å². The fraction of sp³-hybridized carbons (Fsp3) is 0.833. The molecule has 231 valence electrons. The molecule has 2 atom stereocenters. The third kappa shape index (κ3) is 15.6. The van der Waals surface area contributed by atoms with E-state index in [1.54, 1.807) is 4.90 Å². The minimum Gasteiger partial charge on any atom is -0.648 e. The van der Waals surface area contributed by atoms with Crippen molar-refractivity contribution in [1.82, 2.24) is 15.5 Å². The molecule has 2 saturated heterocycles. The van der Waals surface area contributed by atoms with Gasteiger partial charge in [0.05, 0.1) is 6.54 Å². The van der Waals surface area contributed by atoms with Crippen molar-refractivity contribution in [3.63, 3.8) is 0 Å². The topological polar surface area (TPSA) is 150 Å². The van der Waals surface area contributed by atoms with E-state index in [0.29, 0.717) is 13.0 Å². The van der Waals surface area contributed by atoms with Crippen molar-refractivity contribution in [3.8, 4) is 0 Å². The van der Waals surface area contributed by atoms with Crippen LogP contribution in [0.1, 0.15) is 67.2 Å². The number of carbonyl (C=O) groups is 4. The van der Waals surface area contributed by atoms with Crippen LogP contribution in [0, 0.1) is 5.41 Å². The second-order valence-corrected chi connectivity index (χ2v) is 10.6. The molecular weight excluding hydrogens is 624 g/mol. The van der Waals surface area contributed by atoms with E-state index in [4.69, 9.17) is 10.2 Å². The molecule has 16 heteroatoms. The van der Waals surface area contributed by atoms with Crippen molar-refractivity contribution >= 4 is 23.5 Å². The van der Waals surface area contributed by atoms with Gasteiger partial charge in [-0.3, -0.25) is 19.2 Å². The van der Waals surface area contributed by atoms with Crippen LogP contribution in [0.4, 0.5) is 22.0 Å². The number of hydrogen-bond donors (Lipinski definition) is 4. The molecule has 2 aliphatic heterocycles. The zero-order valence-corrected chi connectivity index (χ0v) is 26.7. The zero-order valence-electron chi connectivity index (χ0n) is 23.9. The average Bonchev–Trinajstić information content (AvgIpc) is 3.69. The Morgan fingerprint density at radius 3 is 1.80 bits per heavy atom. The summed E-state index contributed by atoms with van der Waals surface area (Å²) in [6.45, 7) is 10.1. The number of alkyl halides is 5. The Bertz CT molecular complexity index is 858. The summed E-state index contributed by atoms with van der Waals surface area (Å²) in [7, 11) is 1.00. The van der Waals surface area contributed by atoms with Gasteiger partial charge in [0.1, 0.15) is 6.04 Å². The molecule has 0 unspecified atom stereocenters. The van der Waals surface area contributed by atoms with Gasteiger partial charge in [-0.1, -0.05) is 40.7 Å². The summed E-state index contributed by atoms with van der Waals surface area (Å²) in [5.74, 6) is -4.33. The quantitative estimate of drug-likeness (QED) is 0.187. The number of aliphatic hydroxyl groups is 2. The van der Waals surface area contributed by atoms with Crippen LogP contribution in [0.15, 0.2) is 0 Å². The Kier molecular flexibility index (Phi) is 16.7. The van der Waals surface area contributed by atoms with Gasteiger partial charge < -0.3 is 31.1 Å². The van der Waals surface area contributed by atoms with Gasteiger partial charge in [0, 0.05) is 58.8 Å². The molecule has 40 heavy (non-hydrogen) atoms. The number of ketones is 1. The molecule has 0 aromatic heterocycles. The van der Waals surface area contributed by atoms with Crippen LogP contribution in [0.5, 0.6) is 0 Å². The molecule has 1 saturated carbocycles. The molecule has 10 nitrogen and oxygen atoms in total. The first-order valence-corrected chi connectivity index (χ1v) is 12.3. The molecule has 4 N–H and O–H groups in total. The second-order valence-electron chi connectivity index (χ2n) is 10.6. The molecule has 0 aromatic rings. The summed E-state index contributed by atoms with van der Waals surface area (Å²) >= 11 is 0. The second kappa shape index (κ2) is 16.4. The number of Topliss-reactive ketones (excluding diaryl/α,β-unsaturated/α-hetero) is 1. The third-order valence-corrected chi connectivity index (χ3v) is 6.09. The Labute approximate surface area is 256 Å². The molecule has 2 heterocycles. The maximum atomic E-state index is 12.7. The summed E-state index contributed by atoms with van der Waals surface area (Å²) in [6, 6.07) is -0.978. The number of rotatable bonds is 7. The zero-order chi connectivity index (χ0) is 31.0. The van der Waals surface area contributed by atoms with Gasteiger partial charge in [-0.2, -0.15) is 0 Å². The summed E-state index contributed by atoms with van der Waals surface area (Å²) < 4.78 is 52.6. The minimum atomic E-state index is -5.00. The number of halogens is 5. The normalized spacial score (nSPS) is 21.9. The number of nitrogens with one attached hydrogen (secondary N) is 2. The summed E-state index contributed by atoms with van der Waals surface area (Å²) in [5, 5.41) is 22.9. The van der Waals surface area contributed by atoms with Crippen molar-refractivity contribution in [3.05, 3.63) is 5.32 Å². The smallest absolute Gasteiger partial charge is 0.519 e. The van der Waals surface area contributed by atoms with Crippen LogP contribution in [-0.2, 0) is 51.9 Å². The van der Waals surface area contributed by atoms with Crippen molar-refractivity contribution in [1.29, 1.82) is 0 Å². The molecule has 3 amide bonds. The Hall–Kier alpha value is -1.29. The van der Waals surface area contributed by atoms with E-state index in [0.717, 1.165) is 26.9 Å². The van der Waals surface area contributed by atoms with Crippen molar-refractivity contribution in [2.24, 2.45) is 5.41 Å². The number of carbonyl (C=O) groups excluding carboxylic acids is 4. The van der Waals surface area contributed by atoms with E-state index in [1.807, 2.05) is 27.7 Å². The molecule has 3 aliphatic rings. The van der Waals surface area contributed by atoms with Crippen LogP contribution in [0.3, 0.4) is 0 Å². The first-order chi connectivity index (χ1) is 17.6. The summed E-state index contributed by atoms with van der Waals surface area (Å²) in [6.07, 6.45) is -2.59. The molecular formula is C24H40F5N4O6Y-. The van der Waals surface area contributed by atoms with Gasteiger partial charge in [0.15, 0.2) is 0 Å². The predicted octanol–water partition coefficient (Wildman–Crippen LogP) is 2.27. The van der Waals surface area contributed by atoms with Gasteiger partial charge in [0.2, 0.25) is 23.5 Å². The fourth-order valence-electron chi connectivity index (χ4n) is 3.48. The molecule has 1 aliphatic carbocycles. The van der Waals surface area contributed by atoms with Crippen molar-refractivity contribution in [2.45, 2.75) is 103 Å². The van der Waals surface area contributed by atoms with Gasteiger partial charge in [-0.15, -0.1) is 18.7 Å². The average molecular weight is 665 g/mol. The molecule has 0 bridgehead atoms. The number of likely N-dealkylation sites (tertiary alicyclic amines) is 1. The van der Waals surface area contributed by atoms with Crippen LogP contribution in [0.2, 0.25) is 0 Å². The van der Waals surface area contributed by atoms with Crippen molar-refractivity contribution < 1.29 is 84.1 Å². The Morgan fingerprint density at radius 2 is 1.45 bits per heavy atom. The van der Waals surface area contributed by atoms with Gasteiger partial charge in [-0.05, 0) is 31.6 Å². The minimum absolute atomic E-state index is 0. The van der Waals surface area contributed by atoms with E-state index >= 15 is 0 Å². The van der Waals surface area contributed by atoms with Crippen LogP contribution in [-0.4, -0.2) is 94.8 Å². The van der Waals surface area contributed by atoms with E-state index in [2.05, 4.69) is 16.0 Å². The van der Waals surface area contributed by atoms with Gasteiger partial charge in [0.25, 0.3) is 5.91 Å². The maximum Gasteiger partial charge on any atom is 0.519 e. The number of aliphatic hydroxyl groups excluding tert-OH is 1. The fourth-order valence-corrected chi connectivity index (χ4v) is 3.48. The molecule has 0 aromatic carbocycles.